The van der Waals surface area contributed by atoms with E-state index >= 15 is 0 Å². The van der Waals surface area contributed by atoms with Gasteiger partial charge in [0.25, 0.3) is 0 Å². The van der Waals surface area contributed by atoms with E-state index in [1.165, 1.54) is 0 Å². The number of furan rings is 1. The van der Waals surface area contributed by atoms with Crippen molar-refractivity contribution >= 4 is 54.3 Å². The summed E-state index contributed by atoms with van der Waals surface area (Å²) in [6.45, 7) is 0. The highest BCUT2D eigenvalue weighted by atomic mass is 16.3. The van der Waals surface area contributed by atoms with Gasteiger partial charge < -0.3 is 4.42 Å². The lowest BCUT2D eigenvalue weighted by atomic mass is 9.85. The average Bonchev–Trinajstić information content (AvgIpc) is 3.67. The van der Waals surface area contributed by atoms with Crippen molar-refractivity contribution in [2.75, 3.05) is 0 Å². The third-order valence-corrected chi connectivity index (χ3v) is 9.09. The van der Waals surface area contributed by atoms with Crippen molar-refractivity contribution in [3.8, 4) is 44.5 Å². The molecule has 0 unspecified atom stereocenters. The molecule has 0 atom stereocenters. The third kappa shape index (κ3) is 4.40. The van der Waals surface area contributed by atoms with Crippen molar-refractivity contribution in [3.63, 3.8) is 0 Å². The molecule has 0 saturated heterocycles. The Hall–Kier alpha value is -6.44. The van der Waals surface area contributed by atoms with Crippen LogP contribution in [0.15, 0.2) is 186 Å². The van der Waals surface area contributed by atoms with Gasteiger partial charge in [0, 0.05) is 16.2 Å². The zero-order valence-corrected chi connectivity index (χ0v) is 25.6. The van der Waals surface area contributed by atoms with Crippen molar-refractivity contribution in [3.05, 3.63) is 182 Å². The molecular formula is C48H30O. The van der Waals surface area contributed by atoms with Gasteiger partial charge in [-0.05, 0) is 89.6 Å². The Morgan fingerprint density at radius 3 is 1.45 bits per heavy atom. The first kappa shape index (κ1) is 17.1. The Balaban J connectivity index is 1.25. The highest BCUT2D eigenvalue weighted by Gasteiger charge is 2.19. The molecule has 1 heterocycles. The molecule has 1 aromatic heterocycles. The Bertz CT molecular complexity index is 3540. The van der Waals surface area contributed by atoms with Gasteiger partial charge in [0.1, 0.15) is 11.2 Å². The van der Waals surface area contributed by atoms with Crippen molar-refractivity contribution in [2.45, 2.75) is 0 Å². The van der Waals surface area contributed by atoms with Crippen LogP contribution in [0.2, 0.25) is 0 Å². The summed E-state index contributed by atoms with van der Waals surface area (Å²) in [5, 5.41) is 5.44. The van der Waals surface area contributed by atoms with Gasteiger partial charge in [-0.1, -0.05) is 163 Å². The second-order valence-electron chi connectivity index (χ2n) is 11.8. The monoisotopic (exact) mass is 636 g/mol. The first-order valence-electron chi connectivity index (χ1n) is 22.7. The maximum absolute atomic E-state index is 9.36. The highest BCUT2D eigenvalue weighted by molar-refractivity contribution is 6.23. The second-order valence-corrected chi connectivity index (χ2v) is 11.8. The molecule has 9 aromatic carbocycles. The van der Waals surface area contributed by atoms with E-state index in [9.17, 15) is 2.74 Å². The summed E-state index contributed by atoms with van der Waals surface area (Å²) in [5.41, 5.74) is 2.86. The molecule has 0 amide bonds. The molecule has 0 aliphatic carbocycles. The zero-order chi connectivity index (χ0) is 44.5. The lowest BCUT2D eigenvalue weighted by molar-refractivity contribution is 0.673. The van der Waals surface area contributed by atoms with Crippen molar-refractivity contribution < 1.29 is 23.6 Å². The topological polar surface area (TPSA) is 13.1 Å². The molecule has 0 aliphatic rings. The summed E-state index contributed by atoms with van der Waals surface area (Å²) in [6, 6.07) is 22.8. The molecule has 0 spiro atoms. The van der Waals surface area contributed by atoms with E-state index in [1.807, 2.05) is 97.1 Å². The van der Waals surface area contributed by atoms with Crippen LogP contribution in [0.3, 0.4) is 0 Å². The van der Waals surface area contributed by atoms with E-state index < -0.39 is 78.1 Å². The minimum Gasteiger partial charge on any atom is -0.455 e. The fraction of sp³-hybridized carbons (Fsp3) is 0. The summed E-state index contributed by atoms with van der Waals surface area (Å²) in [7, 11) is 0. The standard InChI is InChI=1S/C48H30O/c1-3-13-31(14-4-1)32-23-25-34(26-24-32)46-37-18-8-10-20-39(37)47(40-21-11-9-19-38(40)46)35-27-28-45-43(29-35)44-30-42(33-15-5-2-6-16-33)36-17-7-12-22-41(36)48(44)49-45/h1-30H/i1D,2D,3D,4D,5D,6D,13D,14D,15D,16D,23D,24D,25D,26D. The fourth-order valence-electron chi connectivity index (χ4n) is 6.99. The SMILES string of the molecule is [2H]c1c([2H])c([2H])c(-c2c([2H])c([2H])c(-c3c4ccccc4c(-c4ccc5oc6c7ccccc7c(-c7c([2H])c([2H])c([2H])c([2H])c7[2H])cc6c5c4)c4ccccc34)c([2H])c2[2H])c([2H])c1[2H]. The summed E-state index contributed by atoms with van der Waals surface area (Å²) in [6.07, 6.45) is 0. The number of fused-ring (bicyclic) bond motifs is 7. The molecule has 1 heteroatoms. The van der Waals surface area contributed by atoms with Gasteiger partial charge in [0.2, 0.25) is 0 Å². The Morgan fingerprint density at radius 2 is 0.837 bits per heavy atom. The van der Waals surface area contributed by atoms with E-state index in [2.05, 4.69) is 0 Å². The Kier molecular flexibility index (Phi) is 3.87. The van der Waals surface area contributed by atoms with Gasteiger partial charge in [-0.25, -0.2) is 0 Å². The van der Waals surface area contributed by atoms with E-state index in [-0.39, 0.29) is 28.8 Å². The zero-order valence-electron chi connectivity index (χ0n) is 39.6. The van der Waals surface area contributed by atoms with Crippen LogP contribution in [0, 0.1) is 0 Å². The van der Waals surface area contributed by atoms with Gasteiger partial charge >= 0.3 is 0 Å². The Labute approximate surface area is 304 Å². The first-order valence-corrected chi connectivity index (χ1v) is 15.7. The van der Waals surface area contributed by atoms with Gasteiger partial charge in [0.05, 0.1) is 19.2 Å². The summed E-state index contributed by atoms with van der Waals surface area (Å²) in [5.74, 6) is 0. The van der Waals surface area contributed by atoms with E-state index in [4.69, 9.17) is 20.9 Å². The van der Waals surface area contributed by atoms with Crippen LogP contribution >= 0.6 is 0 Å². The van der Waals surface area contributed by atoms with Crippen molar-refractivity contribution in [1.29, 1.82) is 0 Å². The van der Waals surface area contributed by atoms with Crippen LogP contribution in [0.4, 0.5) is 0 Å². The quantitative estimate of drug-likeness (QED) is 0.175. The van der Waals surface area contributed by atoms with Gasteiger partial charge in [0.15, 0.2) is 0 Å². The molecule has 0 N–H and O–H groups in total. The second kappa shape index (κ2) is 11.1. The maximum Gasteiger partial charge on any atom is 0.143 e. The normalized spacial score (nSPS) is 15.7. The molecule has 228 valence electrons. The van der Waals surface area contributed by atoms with Crippen LogP contribution in [0.5, 0.6) is 0 Å². The van der Waals surface area contributed by atoms with Crippen LogP contribution in [0.25, 0.3) is 98.8 Å². The van der Waals surface area contributed by atoms with Crippen LogP contribution < -0.4 is 0 Å². The molecule has 0 bridgehead atoms. The van der Waals surface area contributed by atoms with Crippen LogP contribution in [0.1, 0.15) is 19.2 Å². The molecule has 1 nitrogen and oxygen atoms in total. The number of hydrogen-bond acceptors (Lipinski definition) is 1. The summed E-state index contributed by atoms with van der Waals surface area (Å²) in [4.78, 5) is 0. The predicted octanol–water partition coefficient (Wildman–Crippen LogP) is 13.7. The lowest BCUT2D eigenvalue weighted by Crippen LogP contribution is -1.91. The van der Waals surface area contributed by atoms with Crippen LogP contribution in [-0.2, 0) is 0 Å². The number of benzene rings is 9. The van der Waals surface area contributed by atoms with E-state index in [0.717, 1.165) is 21.9 Å². The molecule has 49 heavy (non-hydrogen) atoms. The minimum atomic E-state index is -0.649. The lowest BCUT2D eigenvalue weighted by Gasteiger charge is -2.18. The molecule has 0 aliphatic heterocycles. The van der Waals surface area contributed by atoms with Gasteiger partial charge in [-0.3, -0.25) is 0 Å². The fourth-order valence-corrected chi connectivity index (χ4v) is 6.99. The maximum atomic E-state index is 9.36. The number of hydrogen-bond donors (Lipinski definition) is 0. The largest absolute Gasteiger partial charge is 0.455 e. The van der Waals surface area contributed by atoms with Gasteiger partial charge in [-0.15, -0.1) is 0 Å². The number of rotatable bonds is 4. The van der Waals surface area contributed by atoms with E-state index in [1.54, 1.807) is 0 Å². The van der Waals surface area contributed by atoms with Crippen molar-refractivity contribution in [1.82, 2.24) is 0 Å². The molecule has 0 saturated carbocycles. The van der Waals surface area contributed by atoms with Crippen molar-refractivity contribution in [2.24, 2.45) is 0 Å². The average molecular weight is 637 g/mol. The van der Waals surface area contributed by atoms with Gasteiger partial charge in [-0.2, -0.15) is 0 Å². The molecular weight excluding hydrogens is 593 g/mol. The third-order valence-electron chi connectivity index (χ3n) is 9.09. The Morgan fingerprint density at radius 1 is 0.347 bits per heavy atom. The molecule has 10 aromatic rings. The van der Waals surface area contributed by atoms with Crippen LogP contribution in [-0.4, -0.2) is 0 Å². The summed E-state index contributed by atoms with van der Waals surface area (Å²) >= 11 is 0. The highest BCUT2D eigenvalue weighted by Crippen LogP contribution is 2.46. The molecule has 0 fully saturated rings. The smallest absolute Gasteiger partial charge is 0.143 e. The molecule has 0 radical (unpaired) electrons. The van der Waals surface area contributed by atoms with E-state index in [0.29, 0.717) is 54.6 Å². The minimum absolute atomic E-state index is 0.0107. The summed E-state index contributed by atoms with van der Waals surface area (Å²) < 4.78 is 128. The predicted molar refractivity (Wildman–Crippen MR) is 208 cm³/mol. The first-order chi connectivity index (χ1) is 30.1. The molecule has 10 rings (SSSR count).